The second-order valence-electron chi connectivity index (χ2n) is 7.04. The number of amides is 1. The molecule has 0 radical (unpaired) electrons. The smallest absolute Gasteiger partial charge is 0.238 e. The van der Waals surface area contributed by atoms with Gasteiger partial charge in [-0.1, -0.05) is 49.4 Å². The zero-order valence-electron chi connectivity index (χ0n) is 16.6. The number of anilines is 1. The van der Waals surface area contributed by atoms with Gasteiger partial charge in [-0.15, -0.1) is 0 Å². The molecule has 1 amide bonds. The highest BCUT2D eigenvalue weighted by Crippen LogP contribution is 2.13. The predicted octanol–water partition coefficient (Wildman–Crippen LogP) is 2.81. The number of nitrogens with one attached hydrogen (secondary N) is 1. The summed E-state index contributed by atoms with van der Waals surface area (Å²) in [5, 5.41) is 4.18. The average Bonchev–Trinajstić information content (AvgIpc) is 2.73. The summed E-state index contributed by atoms with van der Waals surface area (Å²) in [6.45, 7) is 4.13. The number of sulfonamides is 1. The van der Waals surface area contributed by atoms with Crippen molar-refractivity contribution in [1.29, 1.82) is 0 Å². The molecule has 2 aromatic rings. The maximum Gasteiger partial charge on any atom is 0.238 e. The van der Waals surface area contributed by atoms with Gasteiger partial charge in [-0.3, -0.25) is 9.69 Å². The van der Waals surface area contributed by atoms with Crippen LogP contribution >= 0.6 is 0 Å². The van der Waals surface area contributed by atoms with Crippen LogP contribution in [0.15, 0.2) is 60.0 Å². The Kier molecular flexibility index (Phi) is 7.19. The Morgan fingerprint density at radius 1 is 1.03 bits per heavy atom. The van der Waals surface area contributed by atoms with Gasteiger partial charge in [-0.05, 0) is 35.8 Å². The number of aryl methyl sites for hydroxylation is 1. The zero-order valence-corrected chi connectivity index (χ0v) is 17.4. The molecule has 0 aromatic heterocycles. The van der Waals surface area contributed by atoms with Crippen LogP contribution in [-0.4, -0.2) is 56.3 Å². The lowest BCUT2D eigenvalue weighted by molar-refractivity contribution is -0.117. The molecule has 0 spiro atoms. The van der Waals surface area contributed by atoms with Crippen LogP contribution in [0.5, 0.6) is 0 Å². The molecule has 2 aromatic carbocycles. The van der Waals surface area contributed by atoms with E-state index in [9.17, 15) is 13.2 Å². The van der Waals surface area contributed by atoms with Crippen molar-refractivity contribution in [2.75, 3.05) is 38.0 Å². The number of nitrogens with zero attached hydrogens (tertiary/aromatic N) is 2. The molecule has 1 aliphatic heterocycles. The van der Waals surface area contributed by atoms with Gasteiger partial charge in [0.25, 0.3) is 0 Å². The molecule has 0 atom stereocenters. The van der Waals surface area contributed by atoms with E-state index in [0.717, 1.165) is 17.7 Å². The lowest BCUT2D eigenvalue weighted by atomic mass is 10.1. The molecule has 1 heterocycles. The first kappa shape index (κ1) is 21.2. The number of carbonyl (C=O) groups excluding carboxylic acids is 1. The Bertz CT molecular complexity index is 950. The summed E-state index contributed by atoms with van der Waals surface area (Å²) in [6, 6.07) is 17.2. The van der Waals surface area contributed by atoms with Crippen LogP contribution in [0.4, 0.5) is 5.69 Å². The van der Waals surface area contributed by atoms with Gasteiger partial charge in [0.1, 0.15) is 0 Å². The number of carbonyl (C=O) groups is 1. The lowest BCUT2D eigenvalue weighted by Crippen LogP contribution is -2.49. The molecule has 154 valence electrons. The number of piperazine rings is 1. The minimum Gasteiger partial charge on any atom is -0.325 e. The molecular formula is C22H27N3O3S. The fourth-order valence-corrected chi connectivity index (χ4v) is 4.40. The molecule has 6 nitrogen and oxygen atoms in total. The van der Waals surface area contributed by atoms with Crippen molar-refractivity contribution in [1.82, 2.24) is 9.21 Å². The fraction of sp³-hybridized carbons (Fsp3) is 0.318. The molecule has 0 aliphatic carbocycles. The van der Waals surface area contributed by atoms with Crippen LogP contribution in [0.3, 0.4) is 0 Å². The molecule has 0 unspecified atom stereocenters. The SMILES string of the molecule is CCc1cccc(NC(=O)CN2CCN(S(=O)(=O)/C=C\c3ccccc3)CC2)c1. The third kappa shape index (κ3) is 6.25. The van der Waals surface area contributed by atoms with Crippen molar-refractivity contribution in [3.05, 3.63) is 71.1 Å². The molecule has 1 fully saturated rings. The monoisotopic (exact) mass is 413 g/mol. The maximum absolute atomic E-state index is 12.5. The van der Waals surface area contributed by atoms with Gasteiger partial charge < -0.3 is 5.32 Å². The van der Waals surface area contributed by atoms with E-state index in [2.05, 4.69) is 12.2 Å². The first-order valence-electron chi connectivity index (χ1n) is 9.81. The summed E-state index contributed by atoms with van der Waals surface area (Å²) in [7, 11) is -3.46. The standard InChI is InChI=1S/C22H27N3O3S/c1-2-19-9-6-10-21(17-19)23-22(26)18-24-12-14-25(15-13-24)29(27,28)16-11-20-7-4-3-5-8-20/h3-11,16-17H,2,12-15,18H2,1H3,(H,23,26)/b16-11-. The average molecular weight is 414 g/mol. The minimum absolute atomic E-state index is 0.0847. The van der Waals surface area contributed by atoms with Crippen LogP contribution < -0.4 is 5.32 Å². The van der Waals surface area contributed by atoms with Gasteiger partial charge in [0, 0.05) is 37.3 Å². The van der Waals surface area contributed by atoms with Crippen molar-refractivity contribution in [2.45, 2.75) is 13.3 Å². The van der Waals surface area contributed by atoms with Crippen molar-refractivity contribution in [3.8, 4) is 0 Å². The third-order valence-corrected chi connectivity index (χ3v) is 6.47. The molecule has 1 saturated heterocycles. The first-order valence-corrected chi connectivity index (χ1v) is 11.3. The Labute approximate surface area is 172 Å². The van der Waals surface area contributed by atoms with E-state index in [4.69, 9.17) is 0 Å². The van der Waals surface area contributed by atoms with Gasteiger partial charge in [0.15, 0.2) is 0 Å². The maximum atomic E-state index is 12.5. The van der Waals surface area contributed by atoms with Crippen LogP contribution in [-0.2, 0) is 21.2 Å². The summed E-state index contributed by atoms with van der Waals surface area (Å²) in [4.78, 5) is 14.3. The third-order valence-electron chi connectivity index (χ3n) is 4.91. The summed E-state index contributed by atoms with van der Waals surface area (Å²) in [6.07, 6.45) is 2.53. The van der Waals surface area contributed by atoms with E-state index in [-0.39, 0.29) is 12.5 Å². The van der Waals surface area contributed by atoms with E-state index in [1.807, 2.05) is 59.5 Å². The number of hydrogen-bond donors (Lipinski definition) is 1. The van der Waals surface area contributed by atoms with E-state index in [0.29, 0.717) is 26.2 Å². The highest BCUT2D eigenvalue weighted by Gasteiger charge is 2.25. The number of hydrogen-bond acceptors (Lipinski definition) is 4. The quantitative estimate of drug-likeness (QED) is 0.758. The zero-order chi connectivity index (χ0) is 20.7. The van der Waals surface area contributed by atoms with E-state index in [1.54, 1.807) is 6.08 Å². The number of benzene rings is 2. The van der Waals surface area contributed by atoms with Gasteiger partial charge in [-0.25, -0.2) is 8.42 Å². The van der Waals surface area contributed by atoms with Crippen LogP contribution in [0.1, 0.15) is 18.1 Å². The topological polar surface area (TPSA) is 69.7 Å². The van der Waals surface area contributed by atoms with Crippen LogP contribution in [0, 0.1) is 0 Å². The summed E-state index contributed by atoms with van der Waals surface area (Å²) < 4.78 is 26.5. The normalized spacial score (nSPS) is 16.2. The lowest BCUT2D eigenvalue weighted by Gasteiger charge is -2.32. The molecule has 7 heteroatoms. The van der Waals surface area contributed by atoms with Crippen molar-refractivity contribution in [2.24, 2.45) is 0 Å². The molecule has 0 saturated carbocycles. The van der Waals surface area contributed by atoms with E-state index >= 15 is 0 Å². The van der Waals surface area contributed by atoms with Crippen LogP contribution in [0.25, 0.3) is 6.08 Å². The largest absolute Gasteiger partial charge is 0.325 e. The molecule has 29 heavy (non-hydrogen) atoms. The van der Waals surface area contributed by atoms with Gasteiger partial charge in [-0.2, -0.15) is 4.31 Å². The second kappa shape index (κ2) is 9.82. The molecule has 0 bridgehead atoms. The molecule has 3 rings (SSSR count). The Morgan fingerprint density at radius 2 is 1.76 bits per heavy atom. The molecule has 1 N–H and O–H groups in total. The molecule has 1 aliphatic rings. The van der Waals surface area contributed by atoms with Gasteiger partial charge in [0.05, 0.1) is 6.54 Å². The Balaban J connectivity index is 1.49. The van der Waals surface area contributed by atoms with Crippen molar-refractivity contribution in [3.63, 3.8) is 0 Å². The fourth-order valence-electron chi connectivity index (χ4n) is 3.23. The van der Waals surface area contributed by atoms with Gasteiger partial charge in [0.2, 0.25) is 15.9 Å². The minimum atomic E-state index is -3.46. The summed E-state index contributed by atoms with van der Waals surface area (Å²) in [5.74, 6) is -0.0847. The predicted molar refractivity (Wildman–Crippen MR) is 117 cm³/mol. The molecular weight excluding hydrogens is 386 g/mol. The summed E-state index contributed by atoms with van der Waals surface area (Å²) >= 11 is 0. The highest BCUT2D eigenvalue weighted by molar-refractivity contribution is 7.92. The first-order chi connectivity index (χ1) is 14.0. The Hall–Kier alpha value is -2.48. The van der Waals surface area contributed by atoms with E-state index < -0.39 is 10.0 Å². The van der Waals surface area contributed by atoms with E-state index in [1.165, 1.54) is 15.3 Å². The highest BCUT2D eigenvalue weighted by atomic mass is 32.2. The number of rotatable bonds is 7. The van der Waals surface area contributed by atoms with Crippen LogP contribution in [0.2, 0.25) is 0 Å². The summed E-state index contributed by atoms with van der Waals surface area (Å²) in [5.41, 5.74) is 2.81. The second-order valence-corrected chi connectivity index (χ2v) is 8.85. The van der Waals surface area contributed by atoms with Crippen molar-refractivity contribution >= 4 is 27.7 Å². The van der Waals surface area contributed by atoms with Gasteiger partial charge >= 0.3 is 0 Å². The Morgan fingerprint density at radius 3 is 2.45 bits per heavy atom. The van der Waals surface area contributed by atoms with Crippen molar-refractivity contribution < 1.29 is 13.2 Å².